The molecule has 0 spiro atoms. The summed E-state index contributed by atoms with van der Waals surface area (Å²) in [5.41, 5.74) is 0.0574. The Morgan fingerprint density at radius 2 is 1.62 bits per heavy atom. The van der Waals surface area contributed by atoms with Crippen molar-refractivity contribution in [1.29, 1.82) is 0 Å². The lowest BCUT2D eigenvalue weighted by Gasteiger charge is -2.31. The summed E-state index contributed by atoms with van der Waals surface area (Å²) in [4.78, 5) is 42.6. The predicted molar refractivity (Wildman–Crippen MR) is 146 cm³/mol. The van der Waals surface area contributed by atoms with Gasteiger partial charge in [0, 0.05) is 41.9 Å². The summed E-state index contributed by atoms with van der Waals surface area (Å²) in [6.45, 7) is 3.48. The average Bonchev–Trinajstić information content (AvgIpc) is 3.41. The molecule has 1 aromatic heterocycles. The molecule has 0 radical (unpaired) electrons. The van der Waals surface area contributed by atoms with Crippen LogP contribution in [-0.4, -0.2) is 53.5 Å². The molecule has 0 aliphatic carbocycles. The number of anilines is 1. The first-order chi connectivity index (χ1) is 19.1. The van der Waals surface area contributed by atoms with E-state index >= 15 is 0 Å². The molecule has 40 heavy (non-hydrogen) atoms. The largest absolute Gasteiger partial charge is 0.417 e. The van der Waals surface area contributed by atoms with Crippen molar-refractivity contribution >= 4 is 28.4 Å². The van der Waals surface area contributed by atoms with Crippen molar-refractivity contribution in [3.63, 3.8) is 0 Å². The number of carbonyl (C=O) groups excluding carboxylic acids is 2. The normalized spacial score (nSPS) is 19.2. The van der Waals surface area contributed by atoms with Gasteiger partial charge in [0.1, 0.15) is 0 Å². The van der Waals surface area contributed by atoms with Gasteiger partial charge in [0.15, 0.2) is 0 Å². The van der Waals surface area contributed by atoms with Gasteiger partial charge in [-0.3, -0.25) is 19.3 Å². The van der Waals surface area contributed by atoms with Crippen LogP contribution in [-0.2, 0) is 10.9 Å². The summed E-state index contributed by atoms with van der Waals surface area (Å²) < 4.78 is 46.8. The number of fused-ring (bicyclic) bond motifs is 2. The number of amides is 2. The van der Waals surface area contributed by atoms with Crippen LogP contribution in [0.15, 0.2) is 53.3 Å². The summed E-state index contributed by atoms with van der Waals surface area (Å²) in [7, 11) is 0. The van der Waals surface area contributed by atoms with E-state index in [-0.39, 0.29) is 34.8 Å². The third kappa shape index (κ3) is 5.63. The number of rotatable bonds is 10. The molecule has 2 aromatic carbocycles. The lowest BCUT2D eigenvalue weighted by Crippen LogP contribution is -2.37. The van der Waals surface area contributed by atoms with Crippen molar-refractivity contribution in [3.05, 3.63) is 75.6 Å². The Morgan fingerprint density at radius 3 is 2.33 bits per heavy atom. The first kappa shape index (κ1) is 27.9. The fraction of sp³-hybridized carbons (Fsp3) is 0.433. The van der Waals surface area contributed by atoms with Gasteiger partial charge in [-0.1, -0.05) is 25.0 Å². The minimum atomic E-state index is -4.63. The number of alkyl halides is 3. The molecule has 2 amide bonds. The molecule has 0 bridgehead atoms. The molecule has 1 saturated heterocycles. The van der Waals surface area contributed by atoms with E-state index in [2.05, 4.69) is 16.8 Å². The van der Waals surface area contributed by atoms with Crippen LogP contribution in [0, 0.1) is 0 Å². The molecule has 1 N–H and O–H groups in total. The van der Waals surface area contributed by atoms with Gasteiger partial charge < -0.3 is 14.6 Å². The molecule has 2 aliphatic rings. The second-order valence-corrected chi connectivity index (χ2v) is 10.6. The maximum Gasteiger partial charge on any atom is 0.417 e. The number of hydrogen-bond donors (Lipinski definition) is 1. The number of benzene rings is 2. The maximum atomic E-state index is 13.6. The first-order valence-corrected chi connectivity index (χ1v) is 13.7. The van der Waals surface area contributed by atoms with Gasteiger partial charge in [-0.25, -0.2) is 0 Å². The van der Waals surface area contributed by atoms with Crippen molar-refractivity contribution in [2.45, 2.75) is 63.7 Å². The number of aromatic amines is 1. The van der Waals surface area contributed by atoms with Crippen LogP contribution in [0.4, 0.5) is 18.9 Å². The molecule has 7 nitrogen and oxygen atoms in total. The Balaban J connectivity index is 1.10. The molecule has 2 atom stereocenters. The predicted octanol–water partition coefficient (Wildman–Crippen LogP) is 5.78. The number of imide groups is 1. The lowest BCUT2D eigenvalue weighted by molar-refractivity contribution is -0.136. The Labute approximate surface area is 229 Å². The number of nitrogens with zero attached hydrogens (tertiary/aromatic N) is 2. The van der Waals surface area contributed by atoms with Gasteiger partial charge in [-0.05, 0) is 62.9 Å². The summed E-state index contributed by atoms with van der Waals surface area (Å²) in [6, 6.07) is 12.5. The third-order valence-corrected chi connectivity index (χ3v) is 7.82. The van der Waals surface area contributed by atoms with Crippen molar-refractivity contribution < 1.29 is 27.5 Å². The highest BCUT2D eigenvalue weighted by Crippen LogP contribution is 2.37. The monoisotopic (exact) mass is 555 g/mol. The summed E-state index contributed by atoms with van der Waals surface area (Å²) >= 11 is 0. The number of carbonyl (C=O) groups is 2. The van der Waals surface area contributed by atoms with Crippen LogP contribution >= 0.6 is 0 Å². The molecule has 212 valence electrons. The molecule has 5 rings (SSSR count). The minimum absolute atomic E-state index is 0.0235. The number of aromatic nitrogens is 1. The summed E-state index contributed by atoms with van der Waals surface area (Å²) in [6.07, 6.45) is 0.476. The SMILES string of the molecule is C[C@@H]1CC[C@H](COCCCCCCN2C(=O)c3ccccc3C2=O)N1c1ccc2[nH]c(=O)cc(C(F)(F)F)c2c1. The molecule has 10 heteroatoms. The topological polar surface area (TPSA) is 82.7 Å². The standard InChI is InChI=1S/C30H32F3N3O4/c1-19-10-11-21(36(19)20-12-13-26-24(16-20)25(30(31,32)33)17-27(37)34-26)18-40-15-7-3-2-6-14-35-28(38)22-8-4-5-9-23(22)29(35)39/h4-5,8-9,12-13,16-17,19,21H,2-3,6-7,10-11,14-15,18H2,1H3,(H,34,37)/t19-,21-/m1/s1. The first-order valence-electron chi connectivity index (χ1n) is 13.7. The number of nitrogens with one attached hydrogen (secondary N) is 1. The Bertz CT molecular complexity index is 1430. The van der Waals surface area contributed by atoms with E-state index in [1.165, 1.54) is 17.0 Å². The van der Waals surface area contributed by atoms with E-state index in [4.69, 9.17) is 4.74 Å². The highest BCUT2D eigenvalue weighted by atomic mass is 19.4. The van der Waals surface area contributed by atoms with Crippen LogP contribution in [0.25, 0.3) is 10.9 Å². The Morgan fingerprint density at radius 1 is 0.925 bits per heavy atom. The minimum Gasteiger partial charge on any atom is -0.379 e. The Hall–Kier alpha value is -3.66. The second kappa shape index (κ2) is 11.4. The van der Waals surface area contributed by atoms with Gasteiger partial charge in [-0.15, -0.1) is 0 Å². The molecule has 3 heterocycles. The number of ether oxygens (including phenoxy) is 1. The molecule has 1 fully saturated rings. The zero-order chi connectivity index (χ0) is 28.4. The van der Waals surface area contributed by atoms with E-state index in [0.717, 1.165) is 38.5 Å². The van der Waals surface area contributed by atoms with Gasteiger partial charge in [0.2, 0.25) is 5.56 Å². The fourth-order valence-corrected chi connectivity index (χ4v) is 5.83. The highest BCUT2D eigenvalue weighted by molar-refractivity contribution is 6.21. The van der Waals surface area contributed by atoms with E-state index < -0.39 is 17.3 Å². The number of pyridine rings is 1. The van der Waals surface area contributed by atoms with E-state index in [9.17, 15) is 27.6 Å². The zero-order valence-corrected chi connectivity index (χ0v) is 22.3. The van der Waals surface area contributed by atoms with Crippen LogP contribution < -0.4 is 10.5 Å². The quantitative estimate of drug-likeness (QED) is 0.254. The zero-order valence-electron chi connectivity index (χ0n) is 22.3. The van der Waals surface area contributed by atoms with Crippen molar-refractivity contribution in [3.8, 4) is 0 Å². The number of H-pyrrole nitrogens is 1. The Kier molecular flexibility index (Phi) is 7.98. The van der Waals surface area contributed by atoms with E-state index in [1.54, 1.807) is 30.3 Å². The molecular formula is C30H32F3N3O4. The molecule has 0 unspecified atom stereocenters. The fourth-order valence-electron chi connectivity index (χ4n) is 5.83. The maximum absolute atomic E-state index is 13.6. The van der Waals surface area contributed by atoms with Gasteiger partial charge >= 0.3 is 6.18 Å². The molecular weight excluding hydrogens is 523 g/mol. The number of halogens is 3. The third-order valence-electron chi connectivity index (χ3n) is 7.82. The summed E-state index contributed by atoms with van der Waals surface area (Å²) in [5.74, 6) is -0.456. The van der Waals surface area contributed by atoms with E-state index in [0.29, 0.717) is 42.6 Å². The van der Waals surface area contributed by atoms with Gasteiger partial charge in [-0.2, -0.15) is 13.2 Å². The van der Waals surface area contributed by atoms with Crippen LogP contribution in [0.5, 0.6) is 0 Å². The molecule has 3 aromatic rings. The van der Waals surface area contributed by atoms with Gasteiger partial charge in [0.05, 0.1) is 29.3 Å². The smallest absolute Gasteiger partial charge is 0.379 e. The highest BCUT2D eigenvalue weighted by Gasteiger charge is 2.36. The molecule has 0 saturated carbocycles. The number of unbranched alkanes of at least 4 members (excludes halogenated alkanes) is 3. The van der Waals surface area contributed by atoms with Crippen LogP contribution in [0.2, 0.25) is 0 Å². The average molecular weight is 556 g/mol. The van der Waals surface area contributed by atoms with Crippen molar-refractivity contribution in [2.24, 2.45) is 0 Å². The lowest BCUT2D eigenvalue weighted by atomic mass is 10.1. The van der Waals surface area contributed by atoms with Crippen molar-refractivity contribution in [2.75, 3.05) is 24.7 Å². The van der Waals surface area contributed by atoms with E-state index in [1.807, 2.05) is 0 Å². The van der Waals surface area contributed by atoms with Crippen LogP contribution in [0.3, 0.4) is 0 Å². The van der Waals surface area contributed by atoms with Crippen LogP contribution in [0.1, 0.15) is 71.7 Å². The molecule has 2 aliphatic heterocycles. The summed E-state index contributed by atoms with van der Waals surface area (Å²) in [5, 5.41) is -0.0235. The number of hydrogen-bond acceptors (Lipinski definition) is 5. The second-order valence-electron chi connectivity index (χ2n) is 10.6. The van der Waals surface area contributed by atoms with Gasteiger partial charge in [0.25, 0.3) is 11.8 Å². The van der Waals surface area contributed by atoms with Crippen molar-refractivity contribution in [1.82, 2.24) is 9.88 Å².